The van der Waals surface area contributed by atoms with E-state index in [0.29, 0.717) is 0 Å². The third-order valence-electron chi connectivity index (χ3n) is 5.02. The molecule has 2 rings (SSSR count). The summed E-state index contributed by atoms with van der Waals surface area (Å²) in [5.41, 5.74) is 2.36. The van der Waals surface area contributed by atoms with E-state index in [2.05, 4.69) is 40.7 Å². The highest BCUT2D eigenvalue weighted by Gasteiger charge is 2.12. The zero-order valence-electron chi connectivity index (χ0n) is 17.3. The van der Waals surface area contributed by atoms with Crippen LogP contribution in [0, 0.1) is 0 Å². The van der Waals surface area contributed by atoms with Gasteiger partial charge in [-0.2, -0.15) is 0 Å². The molecule has 5 heteroatoms. The van der Waals surface area contributed by atoms with Crippen molar-refractivity contribution in [2.24, 2.45) is 0 Å². The van der Waals surface area contributed by atoms with Gasteiger partial charge in [0.1, 0.15) is 5.82 Å². The number of hydrogen-bond acceptors (Lipinski definition) is 5. The molecule has 0 amide bonds. The second kappa shape index (κ2) is 11.5. The molecule has 0 saturated carbocycles. The molecule has 1 heterocycles. The summed E-state index contributed by atoms with van der Waals surface area (Å²) in [5.74, 6) is 2.78. The lowest BCUT2D eigenvalue weighted by atomic mass is 10.1. The predicted octanol–water partition coefficient (Wildman–Crippen LogP) is 3.68. The fraction of sp³-hybridized carbons (Fsp3) is 0.545. The van der Waals surface area contributed by atoms with Gasteiger partial charge in [0.05, 0.1) is 14.2 Å². The first kappa shape index (κ1) is 21.2. The first-order valence-electron chi connectivity index (χ1n) is 9.93. The fourth-order valence-electron chi connectivity index (χ4n) is 3.48. The molecule has 0 atom stereocenters. The van der Waals surface area contributed by atoms with Crippen LogP contribution in [0.5, 0.6) is 11.5 Å². The molecule has 1 saturated heterocycles. The number of rotatable bonds is 9. The number of allylic oxidation sites excluding steroid dienone is 1. The van der Waals surface area contributed by atoms with E-state index in [1.165, 1.54) is 37.1 Å². The molecule has 150 valence electrons. The number of nitrogens with one attached hydrogen (secondary N) is 2. The maximum Gasteiger partial charge on any atom is 0.165 e. The van der Waals surface area contributed by atoms with Crippen molar-refractivity contribution in [3.8, 4) is 11.5 Å². The molecule has 0 spiro atoms. The Balaban J connectivity index is 1.99. The summed E-state index contributed by atoms with van der Waals surface area (Å²) >= 11 is 0. The summed E-state index contributed by atoms with van der Waals surface area (Å²) in [6.45, 7) is 5.89. The van der Waals surface area contributed by atoms with Crippen molar-refractivity contribution in [3.05, 3.63) is 47.3 Å². The smallest absolute Gasteiger partial charge is 0.165 e. The normalized spacial score (nSPS) is 16.1. The van der Waals surface area contributed by atoms with Crippen LogP contribution in [0.1, 0.15) is 38.2 Å². The van der Waals surface area contributed by atoms with Gasteiger partial charge in [0.25, 0.3) is 0 Å². The number of likely N-dealkylation sites (tertiary alicyclic amines) is 1. The summed E-state index contributed by atoms with van der Waals surface area (Å²) < 4.78 is 10.9. The van der Waals surface area contributed by atoms with Crippen LogP contribution in [-0.2, 0) is 6.54 Å². The molecule has 1 fully saturated rings. The molecule has 5 nitrogen and oxygen atoms in total. The van der Waals surface area contributed by atoms with Gasteiger partial charge in [-0.1, -0.05) is 31.1 Å². The Morgan fingerprint density at radius 3 is 2.44 bits per heavy atom. The quantitative estimate of drug-likeness (QED) is 0.647. The van der Waals surface area contributed by atoms with Gasteiger partial charge >= 0.3 is 0 Å². The Labute approximate surface area is 164 Å². The lowest BCUT2D eigenvalue weighted by Crippen LogP contribution is -2.31. The molecule has 0 bridgehead atoms. The summed E-state index contributed by atoms with van der Waals surface area (Å²) in [7, 11) is 5.36. The van der Waals surface area contributed by atoms with Gasteiger partial charge in [-0.3, -0.25) is 0 Å². The SMILES string of the molecule is C/C=C(\C=C(/NC)N1CCCCCC1)CNCc1cccc(OC)c1OC. The van der Waals surface area contributed by atoms with E-state index in [1.54, 1.807) is 14.2 Å². The van der Waals surface area contributed by atoms with Gasteiger partial charge in [-0.05, 0) is 37.5 Å². The Morgan fingerprint density at radius 2 is 1.85 bits per heavy atom. The summed E-state index contributed by atoms with van der Waals surface area (Å²) in [6, 6.07) is 5.98. The number of ether oxygens (including phenoxy) is 2. The Bertz CT molecular complexity index is 632. The van der Waals surface area contributed by atoms with Crippen molar-refractivity contribution in [3.63, 3.8) is 0 Å². The van der Waals surface area contributed by atoms with E-state index in [4.69, 9.17) is 9.47 Å². The van der Waals surface area contributed by atoms with E-state index in [1.807, 2.05) is 19.2 Å². The minimum Gasteiger partial charge on any atom is -0.493 e. The van der Waals surface area contributed by atoms with E-state index in [9.17, 15) is 0 Å². The summed E-state index contributed by atoms with van der Waals surface area (Å²) in [6.07, 6.45) is 9.67. The van der Waals surface area contributed by atoms with Crippen molar-refractivity contribution in [1.82, 2.24) is 15.5 Å². The van der Waals surface area contributed by atoms with E-state index < -0.39 is 0 Å². The molecule has 1 aromatic rings. The molecular formula is C22H35N3O2. The second-order valence-electron chi connectivity index (χ2n) is 6.80. The van der Waals surface area contributed by atoms with Crippen molar-refractivity contribution in [1.29, 1.82) is 0 Å². The van der Waals surface area contributed by atoms with Gasteiger partial charge in [0.2, 0.25) is 0 Å². The van der Waals surface area contributed by atoms with Crippen LogP contribution in [-0.4, -0.2) is 45.8 Å². The standard InChI is InChI=1S/C22H35N3O2/c1-5-18(15-21(23-2)25-13-8-6-7-9-14-25)16-24-17-19-11-10-12-20(26-3)22(19)27-4/h5,10-12,15,23-24H,6-9,13-14,16-17H2,1-4H3/b18-5+,21-15+. The molecule has 1 aliphatic heterocycles. The zero-order chi connectivity index (χ0) is 19.5. The molecule has 27 heavy (non-hydrogen) atoms. The average Bonchev–Trinajstić information content (AvgIpc) is 2.99. The fourth-order valence-corrected chi connectivity index (χ4v) is 3.48. The van der Waals surface area contributed by atoms with Gasteiger partial charge in [-0.25, -0.2) is 0 Å². The molecule has 0 aliphatic carbocycles. The van der Waals surface area contributed by atoms with Gasteiger partial charge < -0.3 is 25.0 Å². The Kier molecular flexibility index (Phi) is 9.05. The summed E-state index contributed by atoms with van der Waals surface area (Å²) in [4.78, 5) is 2.47. The van der Waals surface area contributed by atoms with Crippen molar-refractivity contribution < 1.29 is 9.47 Å². The van der Waals surface area contributed by atoms with Crippen molar-refractivity contribution >= 4 is 0 Å². The molecular weight excluding hydrogens is 338 g/mol. The van der Waals surface area contributed by atoms with Gasteiger partial charge in [0.15, 0.2) is 11.5 Å². The highest BCUT2D eigenvalue weighted by molar-refractivity contribution is 5.46. The molecule has 1 aromatic carbocycles. The average molecular weight is 374 g/mol. The van der Waals surface area contributed by atoms with Crippen molar-refractivity contribution in [2.75, 3.05) is 40.9 Å². The van der Waals surface area contributed by atoms with E-state index >= 15 is 0 Å². The second-order valence-corrected chi connectivity index (χ2v) is 6.80. The van der Waals surface area contributed by atoms with Crippen molar-refractivity contribution in [2.45, 2.75) is 39.2 Å². The van der Waals surface area contributed by atoms with Crippen LogP contribution in [0.2, 0.25) is 0 Å². The molecule has 0 radical (unpaired) electrons. The molecule has 1 aliphatic rings. The van der Waals surface area contributed by atoms with Crippen LogP contribution >= 0.6 is 0 Å². The Morgan fingerprint density at radius 1 is 1.11 bits per heavy atom. The lowest BCUT2D eigenvalue weighted by Gasteiger charge is -2.26. The maximum absolute atomic E-state index is 5.52. The zero-order valence-corrected chi connectivity index (χ0v) is 17.3. The van der Waals surface area contributed by atoms with Gasteiger partial charge in [0, 0.05) is 38.8 Å². The molecule has 0 unspecified atom stereocenters. The van der Waals surface area contributed by atoms with Crippen LogP contribution < -0.4 is 20.1 Å². The van der Waals surface area contributed by atoms with Crippen LogP contribution in [0.4, 0.5) is 0 Å². The topological polar surface area (TPSA) is 45.8 Å². The van der Waals surface area contributed by atoms with Crippen LogP contribution in [0.15, 0.2) is 41.7 Å². The monoisotopic (exact) mass is 373 g/mol. The minimum absolute atomic E-state index is 0.726. The highest BCUT2D eigenvalue weighted by atomic mass is 16.5. The lowest BCUT2D eigenvalue weighted by molar-refractivity contribution is 0.338. The number of benzene rings is 1. The molecule has 2 N–H and O–H groups in total. The minimum atomic E-state index is 0.726. The Hall–Kier alpha value is -2.14. The maximum atomic E-state index is 5.52. The molecule has 0 aromatic heterocycles. The van der Waals surface area contributed by atoms with Crippen LogP contribution in [0.25, 0.3) is 0 Å². The van der Waals surface area contributed by atoms with E-state index in [-0.39, 0.29) is 0 Å². The number of para-hydroxylation sites is 1. The third-order valence-corrected chi connectivity index (χ3v) is 5.02. The number of nitrogens with zero attached hydrogens (tertiary/aromatic N) is 1. The first-order chi connectivity index (χ1) is 13.2. The number of methoxy groups -OCH3 is 2. The number of hydrogen-bond donors (Lipinski definition) is 2. The third kappa shape index (κ3) is 6.21. The summed E-state index contributed by atoms with van der Waals surface area (Å²) in [5, 5.41) is 6.92. The largest absolute Gasteiger partial charge is 0.493 e. The van der Waals surface area contributed by atoms with Gasteiger partial charge in [-0.15, -0.1) is 0 Å². The predicted molar refractivity (Wildman–Crippen MR) is 112 cm³/mol. The van der Waals surface area contributed by atoms with E-state index in [0.717, 1.165) is 43.2 Å². The first-order valence-corrected chi connectivity index (χ1v) is 9.93. The van der Waals surface area contributed by atoms with Crippen LogP contribution in [0.3, 0.4) is 0 Å². The highest BCUT2D eigenvalue weighted by Crippen LogP contribution is 2.30.